The summed E-state index contributed by atoms with van der Waals surface area (Å²) in [5.41, 5.74) is 0.279. The third-order valence-electron chi connectivity index (χ3n) is 1.93. The molecule has 88 valence electrons. The number of esters is 1. The molecule has 6 heteroatoms. The van der Waals surface area contributed by atoms with Gasteiger partial charge in [0.15, 0.2) is 11.5 Å². The fourth-order valence-electron chi connectivity index (χ4n) is 1.23. The first-order valence-corrected chi connectivity index (χ1v) is 6.62. The van der Waals surface area contributed by atoms with Crippen molar-refractivity contribution < 1.29 is 9.53 Å². The van der Waals surface area contributed by atoms with Gasteiger partial charge in [-0.15, -0.1) is 11.3 Å². The Kier molecular flexibility index (Phi) is 3.86. The number of carbonyl (C=O) groups is 1. The Labute approximate surface area is 111 Å². The van der Waals surface area contributed by atoms with Gasteiger partial charge < -0.3 is 4.74 Å². The second-order valence-corrected chi connectivity index (χ2v) is 4.94. The Balaban J connectivity index is 2.31. The highest BCUT2D eigenvalue weighted by molar-refractivity contribution is 9.10. The molecule has 0 aromatic carbocycles. The number of aromatic nitrogens is 2. The van der Waals surface area contributed by atoms with Crippen LogP contribution in [-0.2, 0) is 4.74 Å². The summed E-state index contributed by atoms with van der Waals surface area (Å²) in [5.74, 6) is 0.109. The van der Waals surface area contributed by atoms with Crippen molar-refractivity contribution >= 4 is 33.2 Å². The first kappa shape index (κ1) is 12.2. The van der Waals surface area contributed by atoms with Crippen LogP contribution >= 0.6 is 27.3 Å². The molecule has 0 N–H and O–H groups in total. The average molecular weight is 313 g/mol. The van der Waals surface area contributed by atoms with Crippen LogP contribution in [0.3, 0.4) is 0 Å². The van der Waals surface area contributed by atoms with Gasteiger partial charge in [-0.3, -0.25) is 0 Å². The number of thiophene rings is 1. The van der Waals surface area contributed by atoms with E-state index in [1.807, 2.05) is 11.4 Å². The van der Waals surface area contributed by atoms with Crippen LogP contribution < -0.4 is 0 Å². The molecular formula is C11H9BrN2O2S. The van der Waals surface area contributed by atoms with Gasteiger partial charge >= 0.3 is 5.97 Å². The van der Waals surface area contributed by atoms with Gasteiger partial charge in [0, 0.05) is 16.0 Å². The monoisotopic (exact) mass is 312 g/mol. The highest BCUT2D eigenvalue weighted by atomic mass is 79.9. The van der Waals surface area contributed by atoms with Crippen molar-refractivity contribution in [2.45, 2.75) is 6.92 Å². The summed E-state index contributed by atoms with van der Waals surface area (Å²) in [6.45, 7) is 2.10. The Hall–Kier alpha value is -1.27. The minimum Gasteiger partial charge on any atom is -0.461 e. The van der Waals surface area contributed by atoms with E-state index in [4.69, 9.17) is 4.74 Å². The van der Waals surface area contributed by atoms with E-state index in [2.05, 4.69) is 25.9 Å². The Bertz CT molecular complexity index is 542. The molecule has 0 bridgehead atoms. The van der Waals surface area contributed by atoms with Crippen LogP contribution in [-0.4, -0.2) is 22.5 Å². The van der Waals surface area contributed by atoms with E-state index in [1.165, 1.54) is 11.3 Å². The van der Waals surface area contributed by atoms with E-state index in [0.29, 0.717) is 12.4 Å². The number of halogens is 1. The molecule has 2 aromatic rings. The van der Waals surface area contributed by atoms with E-state index in [1.54, 1.807) is 19.2 Å². The molecule has 0 aliphatic heterocycles. The van der Waals surface area contributed by atoms with E-state index in [9.17, 15) is 4.79 Å². The average Bonchev–Trinajstić information content (AvgIpc) is 2.76. The summed E-state index contributed by atoms with van der Waals surface area (Å²) in [6, 6.07) is 3.46. The molecule has 4 nitrogen and oxygen atoms in total. The fraction of sp³-hybridized carbons (Fsp3) is 0.182. The van der Waals surface area contributed by atoms with E-state index >= 15 is 0 Å². The van der Waals surface area contributed by atoms with Gasteiger partial charge in [0.1, 0.15) is 0 Å². The molecule has 0 radical (unpaired) electrons. The van der Waals surface area contributed by atoms with Crippen LogP contribution in [0.4, 0.5) is 0 Å². The lowest BCUT2D eigenvalue weighted by atomic mass is 10.3. The van der Waals surface area contributed by atoms with Gasteiger partial charge in [-0.25, -0.2) is 14.8 Å². The van der Waals surface area contributed by atoms with Crippen molar-refractivity contribution in [2.75, 3.05) is 6.61 Å². The molecule has 2 aromatic heterocycles. The molecule has 2 rings (SSSR count). The Morgan fingerprint density at radius 2 is 2.41 bits per heavy atom. The van der Waals surface area contributed by atoms with Crippen LogP contribution in [0.2, 0.25) is 0 Å². The standard InChI is InChI=1S/C11H9BrN2O2S/c1-2-16-11(15)8-3-4-13-10(14-8)9-5-7(12)6-17-9/h3-6H,2H2,1H3. The van der Waals surface area contributed by atoms with Crippen molar-refractivity contribution in [1.29, 1.82) is 0 Å². The van der Waals surface area contributed by atoms with Crippen molar-refractivity contribution in [3.8, 4) is 10.7 Å². The third-order valence-corrected chi connectivity index (χ3v) is 3.62. The van der Waals surface area contributed by atoms with Crippen LogP contribution in [0.1, 0.15) is 17.4 Å². The lowest BCUT2D eigenvalue weighted by Gasteiger charge is -2.01. The molecular weight excluding hydrogens is 304 g/mol. The minimum atomic E-state index is -0.424. The van der Waals surface area contributed by atoms with Crippen molar-refractivity contribution in [3.05, 3.63) is 33.9 Å². The van der Waals surface area contributed by atoms with E-state index in [-0.39, 0.29) is 5.69 Å². The van der Waals surface area contributed by atoms with Gasteiger partial charge in [0.25, 0.3) is 0 Å². The Morgan fingerprint density at radius 3 is 3.06 bits per heavy atom. The van der Waals surface area contributed by atoms with Gasteiger partial charge in [0.05, 0.1) is 11.5 Å². The number of hydrogen-bond acceptors (Lipinski definition) is 5. The quantitative estimate of drug-likeness (QED) is 0.817. The molecule has 0 saturated heterocycles. The van der Waals surface area contributed by atoms with Gasteiger partial charge in [-0.05, 0) is 35.0 Å². The second kappa shape index (κ2) is 5.37. The molecule has 0 aliphatic carbocycles. The number of rotatable bonds is 3. The van der Waals surface area contributed by atoms with Gasteiger partial charge in [-0.2, -0.15) is 0 Å². The maximum atomic E-state index is 11.5. The molecule has 0 spiro atoms. The predicted molar refractivity (Wildman–Crippen MR) is 69.0 cm³/mol. The number of carbonyl (C=O) groups excluding carboxylic acids is 1. The molecule has 0 amide bonds. The molecule has 0 fully saturated rings. The summed E-state index contributed by atoms with van der Waals surface area (Å²) in [4.78, 5) is 20.7. The second-order valence-electron chi connectivity index (χ2n) is 3.12. The summed E-state index contributed by atoms with van der Waals surface area (Å²) in [5, 5.41) is 1.94. The predicted octanol–water partition coefficient (Wildman–Crippen LogP) is 3.14. The molecule has 0 unspecified atom stereocenters. The molecule has 2 heterocycles. The lowest BCUT2D eigenvalue weighted by molar-refractivity contribution is 0.0519. The smallest absolute Gasteiger partial charge is 0.357 e. The number of nitrogens with zero attached hydrogens (tertiary/aromatic N) is 2. The van der Waals surface area contributed by atoms with Crippen molar-refractivity contribution in [1.82, 2.24) is 9.97 Å². The molecule has 0 atom stereocenters. The van der Waals surface area contributed by atoms with E-state index in [0.717, 1.165) is 9.35 Å². The molecule has 17 heavy (non-hydrogen) atoms. The van der Waals surface area contributed by atoms with Crippen LogP contribution in [0.15, 0.2) is 28.2 Å². The highest BCUT2D eigenvalue weighted by Crippen LogP contribution is 2.27. The lowest BCUT2D eigenvalue weighted by Crippen LogP contribution is -2.07. The molecule has 0 saturated carbocycles. The maximum absolute atomic E-state index is 11.5. The maximum Gasteiger partial charge on any atom is 0.357 e. The van der Waals surface area contributed by atoms with Crippen molar-refractivity contribution in [2.24, 2.45) is 0 Å². The normalized spacial score (nSPS) is 10.2. The summed E-state index contributed by atoms with van der Waals surface area (Å²) >= 11 is 4.88. The molecule has 0 aliphatic rings. The summed E-state index contributed by atoms with van der Waals surface area (Å²) in [6.07, 6.45) is 1.56. The minimum absolute atomic E-state index is 0.279. The highest BCUT2D eigenvalue weighted by Gasteiger charge is 2.11. The Morgan fingerprint density at radius 1 is 1.59 bits per heavy atom. The summed E-state index contributed by atoms with van der Waals surface area (Å²) < 4.78 is 5.86. The van der Waals surface area contributed by atoms with Crippen molar-refractivity contribution in [3.63, 3.8) is 0 Å². The van der Waals surface area contributed by atoms with Gasteiger partial charge in [0.2, 0.25) is 0 Å². The van der Waals surface area contributed by atoms with E-state index < -0.39 is 5.97 Å². The zero-order chi connectivity index (χ0) is 12.3. The third kappa shape index (κ3) is 2.89. The van der Waals surface area contributed by atoms with Gasteiger partial charge in [-0.1, -0.05) is 0 Å². The zero-order valence-corrected chi connectivity index (χ0v) is 11.4. The van der Waals surface area contributed by atoms with Crippen LogP contribution in [0.5, 0.6) is 0 Å². The first-order chi connectivity index (χ1) is 8.20. The topological polar surface area (TPSA) is 52.1 Å². The van der Waals surface area contributed by atoms with Crippen LogP contribution in [0.25, 0.3) is 10.7 Å². The number of ether oxygens (including phenoxy) is 1. The van der Waals surface area contributed by atoms with Crippen LogP contribution in [0, 0.1) is 0 Å². The number of hydrogen-bond donors (Lipinski definition) is 0. The SMILES string of the molecule is CCOC(=O)c1ccnc(-c2cc(Br)cs2)n1. The zero-order valence-electron chi connectivity index (χ0n) is 9.01. The summed E-state index contributed by atoms with van der Waals surface area (Å²) in [7, 11) is 0. The fourth-order valence-corrected chi connectivity index (χ4v) is 2.59. The first-order valence-electron chi connectivity index (χ1n) is 4.95. The largest absolute Gasteiger partial charge is 0.461 e.